The number of amides is 2. The van der Waals surface area contributed by atoms with Gasteiger partial charge in [-0.3, -0.25) is 19.8 Å². The van der Waals surface area contributed by atoms with E-state index in [-0.39, 0.29) is 10.6 Å². The van der Waals surface area contributed by atoms with Crippen LogP contribution in [0, 0.1) is 0 Å². The Balaban J connectivity index is 3.07. The molecule has 0 aromatic heterocycles. The van der Waals surface area contributed by atoms with E-state index in [1.165, 1.54) is 38.1 Å². The molecule has 0 saturated heterocycles. The number of ether oxygens (including phenoxy) is 1. The highest BCUT2D eigenvalue weighted by Crippen LogP contribution is 2.27. The van der Waals surface area contributed by atoms with E-state index < -0.39 is 32.4 Å². The van der Waals surface area contributed by atoms with E-state index in [0.717, 1.165) is 7.11 Å². The van der Waals surface area contributed by atoms with Crippen LogP contribution in [0.3, 0.4) is 0 Å². The molecule has 1 rings (SSSR count). The van der Waals surface area contributed by atoms with Crippen LogP contribution in [0.5, 0.6) is 0 Å². The molecule has 0 saturated carbocycles. The summed E-state index contributed by atoms with van der Waals surface area (Å²) in [6.07, 6.45) is 0. The monoisotopic (exact) mass is 343 g/mol. The van der Waals surface area contributed by atoms with Crippen LogP contribution in [0.1, 0.15) is 13.8 Å². The standard InChI is InChI=1S/C13H17N3O6S/c1-13(2,12(19)22-3)23(20,21)9-6-4-8(5-7-9)15-10(17)11(18)16-14/h4-7H,14H2,1-3H3,(H,15,17)(H,16,18). The highest BCUT2D eigenvalue weighted by Gasteiger charge is 2.43. The average Bonchev–Trinajstić information content (AvgIpc) is 2.53. The summed E-state index contributed by atoms with van der Waals surface area (Å²) in [4.78, 5) is 33.8. The molecule has 23 heavy (non-hydrogen) atoms. The van der Waals surface area contributed by atoms with Gasteiger partial charge in [0.25, 0.3) is 0 Å². The summed E-state index contributed by atoms with van der Waals surface area (Å²) in [7, 11) is -2.90. The molecule has 0 spiro atoms. The van der Waals surface area contributed by atoms with Crippen molar-refractivity contribution in [2.24, 2.45) is 5.84 Å². The van der Waals surface area contributed by atoms with Gasteiger partial charge in [0.1, 0.15) is 0 Å². The van der Waals surface area contributed by atoms with Crippen LogP contribution < -0.4 is 16.6 Å². The van der Waals surface area contributed by atoms with E-state index in [1.807, 2.05) is 0 Å². The number of hydrogen-bond donors (Lipinski definition) is 3. The maximum atomic E-state index is 12.5. The fourth-order valence-corrected chi connectivity index (χ4v) is 3.01. The van der Waals surface area contributed by atoms with Crippen molar-refractivity contribution < 1.29 is 27.5 Å². The van der Waals surface area contributed by atoms with E-state index in [0.29, 0.717) is 0 Å². The fraction of sp³-hybridized carbons (Fsp3) is 0.308. The first-order chi connectivity index (χ1) is 10.6. The van der Waals surface area contributed by atoms with Crippen molar-refractivity contribution in [3.05, 3.63) is 24.3 Å². The third-order valence-corrected chi connectivity index (χ3v) is 5.51. The van der Waals surface area contributed by atoms with Gasteiger partial charge >= 0.3 is 17.8 Å². The van der Waals surface area contributed by atoms with E-state index in [9.17, 15) is 22.8 Å². The molecule has 1 aromatic carbocycles. The lowest BCUT2D eigenvalue weighted by molar-refractivity contribution is -0.142. The van der Waals surface area contributed by atoms with Gasteiger partial charge in [-0.05, 0) is 38.1 Å². The molecule has 0 atom stereocenters. The van der Waals surface area contributed by atoms with Crippen molar-refractivity contribution in [2.75, 3.05) is 12.4 Å². The molecule has 10 heteroatoms. The molecule has 0 radical (unpaired) electrons. The molecule has 9 nitrogen and oxygen atoms in total. The fourth-order valence-electron chi connectivity index (χ4n) is 1.62. The molecule has 0 bridgehead atoms. The van der Waals surface area contributed by atoms with E-state index in [1.54, 1.807) is 5.43 Å². The first-order valence-corrected chi connectivity index (χ1v) is 7.81. The minimum Gasteiger partial charge on any atom is -0.468 e. The molecule has 0 aliphatic rings. The molecule has 126 valence electrons. The van der Waals surface area contributed by atoms with Gasteiger partial charge in [0.15, 0.2) is 14.6 Å². The average molecular weight is 343 g/mol. The number of carbonyl (C=O) groups is 3. The quantitative estimate of drug-likeness (QED) is 0.216. The Morgan fingerprint density at radius 1 is 1.09 bits per heavy atom. The Kier molecular flexibility index (Phi) is 5.46. The number of hydrazine groups is 1. The van der Waals surface area contributed by atoms with Crippen molar-refractivity contribution in [1.82, 2.24) is 5.43 Å². The second kappa shape index (κ2) is 6.75. The topological polar surface area (TPSA) is 145 Å². The second-order valence-electron chi connectivity index (χ2n) is 4.96. The third-order valence-electron chi connectivity index (χ3n) is 3.11. The maximum Gasteiger partial charge on any atom is 0.327 e. The van der Waals surface area contributed by atoms with Gasteiger partial charge in [-0.1, -0.05) is 0 Å². The van der Waals surface area contributed by atoms with E-state index >= 15 is 0 Å². The lowest BCUT2D eigenvalue weighted by Crippen LogP contribution is -2.41. The zero-order chi connectivity index (χ0) is 17.8. The number of hydrogen-bond acceptors (Lipinski definition) is 7. The normalized spacial score (nSPS) is 11.5. The van der Waals surface area contributed by atoms with Crippen LogP contribution in [0.4, 0.5) is 5.69 Å². The Bertz CT molecular complexity index is 725. The van der Waals surface area contributed by atoms with Crippen molar-refractivity contribution >= 4 is 33.3 Å². The van der Waals surface area contributed by atoms with E-state index in [2.05, 4.69) is 10.1 Å². The molecular formula is C13H17N3O6S. The number of esters is 1. The Morgan fingerprint density at radius 3 is 2.04 bits per heavy atom. The molecule has 0 heterocycles. The summed E-state index contributed by atoms with van der Waals surface area (Å²) in [6, 6.07) is 4.97. The number of nitrogens with one attached hydrogen (secondary N) is 2. The van der Waals surface area contributed by atoms with Crippen LogP contribution in [0.2, 0.25) is 0 Å². The zero-order valence-electron chi connectivity index (χ0n) is 12.7. The van der Waals surface area contributed by atoms with Crippen LogP contribution in [-0.2, 0) is 29.0 Å². The molecule has 2 amide bonds. The van der Waals surface area contributed by atoms with Gasteiger partial charge in [-0.25, -0.2) is 14.3 Å². The summed E-state index contributed by atoms with van der Waals surface area (Å²) in [5, 5.41) is 2.23. The summed E-state index contributed by atoms with van der Waals surface area (Å²) in [6.45, 7) is 2.46. The van der Waals surface area contributed by atoms with Crippen LogP contribution in [0.25, 0.3) is 0 Å². The van der Waals surface area contributed by atoms with Gasteiger partial charge in [0.2, 0.25) is 0 Å². The molecule has 4 N–H and O–H groups in total. The number of benzene rings is 1. The lowest BCUT2D eigenvalue weighted by Gasteiger charge is -2.21. The first-order valence-electron chi connectivity index (χ1n) is 6.33. The SMILES string of the molecule is COC(=O)C(C)(C)S(=O)(=O)c1ccc(NC(=O)C(=O)NN)cc1. The van der Waals surface area contributed by atoms with Gasteiger partial charge in [-0.2, -0.15) is 0 Å². The van der Waals surface area contributed by atoms with Gasteiger partial charge in [-0.15, -0.1) is 0 Å². The summed E-state index contributed by atoms with van der Waals surface area (Å²) in [5.41, 5.74) is 1.85. The lowest BCUT2D eigenvalue weighted by atomic mass is 10.2. The predicted octanol–water partition coefficient (Wildman–Crippen LogP) is -0.660. The Morgan fingerprint density at radius 2 is 1.61 bits per heavy atom. The molecule has 0 aliphatic carbocycles. The number of anilines is 1. The second-order valence-corrected chi connectivity index (χ2v) is 7.46. The Labute approximate surface area is 133 Å². The molecule has 0 aliphatic heterocycles. The highest BCUT2D eigenvalue weighted by atomic mass is 32.2. The molecular weight excluding hydrogens is 326 g/mol. The summed E-state index contributed by atoms with van der Waals surface area (Å²) < 4.78 is 27.7. The van der Waals surface area contributed by atoms with Crippen molar-refractivity contribution in [3.8, 4) is 0 Å². The van der Waals surface area contributed by atoms with Gasteiger partial charge in [0, 0.05) is 5.69 Å². The smallest absolute Gasteiger partial charge is 0.327 e. The number of sulfone groups is 1. The largest absolute Gasteiger partial charge is 0.468 e. The number of methoxy groups -OCH3 is 1. The number of rotatable bonds is 4. The maximum absolute atomic E-state index is 12.5. The first kappa shape index (κ1) is 18.6. The number of carbonyl (C=O) groups excluding carboxylic acids is 3. The van der Waals surface area contributed by atoms with Crippen molar-refractivity contribution in [2.45, 2.75) is 23.5 Å². The highest BCUT2D eigenvalue weighted by molar-refractivity contribution is 7.93. The molecule has 0 unspecified atom stereocenters. The van der Waals surface area contributed by atoms with Crippen molar-refractivity contribution in [3.63, 3.8) is 0 Å². The minimum atomic E-state index is -4.00. The Hall–Kier alpha value is -2.46. The van der Waals surface area contributed by atoms with E-state index in [4.69, 9.17) is 5.84 Å². The van der Waals surface area contributed by atoms with Crippen LogP contribution in [0.15, 0.2) is 29.2 Å². The van der Waals surface area contributed by atoms with Gasteiger partial charge < -0.3 is 10.1 Å². The summed E-state index contributed by atoms with van der Waals surface area (Å²) in [5.74, 6) is 1.87. The number of nitrogens with two attached hydrogens (primary N) is 1. The zero-order valence-corrected chi connectivity index (χ0v) is 13.6. The van der Waals surface area contributed by atoms with Crippen molar-refractivity contribution in [1.29, 1.82) is 0 Å². The predicted molar refractivity (Wildman–Crippen MR) is 80.7 cm³/mol. The molecule has 0 fully saturated rings. The third kappa shape index (κ3) is 3.66. The summed E-state index contributed by atoms with van der Waals surface area (Å²) >= 11 is 0. The molecule has 1 aromatic rings. The van der Waals surface area contributed by atoms with Crippen LogP contribution in [-0.4, -0.2) is 38.1 Å². The minimum absolute atomic E-state index is 0.130. The van der Waals surface area contributed by atoms with Crippen LogP contribution >= 0.6 is 0 Å². The van der Waals surface area contributed by atoms with Gasteiger partial charge in [0.05, 0.1) is 12.0 Å².